The number of halogens is 3. The smallest absolute Gasteiger partial charge is 0.244 e. The minimum atomic E-state index is -4.40. The lowest BCUT2D eigenvalue weighted by Gasteiger charge is -2.11. The molecule has 2 nitrogen and oxygen atoms in total. The van der Waals surface area contributed by atoms with Crippen LogP contribution in [0.4, 0.5) is 13.2 Å². The van der Waals surface area contributed by atoms with Crippen molar-refractivity contribution in [2.45, 2.75) is 30.2 Å². The number of thioether (sulfide) groups is 1. The summed E-state index contributed by atoms with van der Waals surface area (Å²) in [7, 11) is 0. The van der Waals surface area contributed by atoms with Crippen molar-refractivity contribution in [3.05, 3.63) is 18.2 Å². The summed E-state index contributed by atoms with van der Waals surface area (Å²) in [6.07, 6.45) is -2.30. The fourth-order valence-electron chi connectivity index (χ4n) is 0.870. The molecule has 0 atom stereocenters. The fraction of sp³-hybridized carbons (Fsp3) is 0.500. The molecule has 0 fully saturated rings. The summed E-state index contributed by atoms with van der Waals surface area (Å²) in [6, 6.07) is 0. The highest BCUT2D eigenvalue weighted by molar-refractivity contribution is 8.00. The zero-order valence-corrected chi connectivity index (χ0v) is 8.49. The molecule has 0 aliphatic heterocycles. The van der Waals surface area contributed by atoms with Crippen LogP contribution in [0.15, 0.2) is 17.4 Å². The first-order valence-corrected chi connectivity index (χ1v) is 4.83. The Hall–Kier alpha value is -0.780. The molecule has 0 aromatic carbocycles. The Morgan fingerprint density at radius 2 is 2.00 bits per heavy atom. The van der Waals surface area contributed by atoms with Gasteiger partial charge in [-0.2, -0.15) is 13.2 Å². The van der Waals surface area contributed by atoms with Crippen molar-refractivity contribution >= 4 is 11.8 Å². The van der Waals surface area contributed by atoms with Crippen molar-refractivity contribution in [3.63, 3.8) is 0 Å². The summed E-state index contributed by atoms with van der Waals surface area (Å²) in [5, 5.41) is 0.0714. The minimum absolute atomic E-state index is 0.0714. The predicted molar refractivity (Wildman–Crippen MR) is 48.0 cm³/mol. The Bertz CT molecular complexity index is 312. The topological polar surface area (TPSA) is 25.8 Å². The van der Waals surface area contributed by atoms with E-state index in [4.69, 9.17) is 0 Å². The van der Waals surface area contributed by atoms with Crippen LogP contribution in [0, 0.1) is 0 Å². The second kappa shape index (κ2) is 4.16. The van der Waals surface area contributed by atoms with Crippen molar-refractivity contribution in [1.29, 1.82) is 0 Å². The molecule has 1 aromatic heterocycles. The number of alkyl halides is 3. The standard InChI is InChI=1S/C8H9F3N2S/c1-5(2)14-6-3-12-4-13-7(6)8(9,10)11/h3-5H,1-2H3. The van der Waals surface area contributed by atoms with E-state index < -0.39 is 11.9 Å². The highest BCUT2D eigenvalue weighted by Crippen LogP contribution is 2.35. The van der Waals surface area contributed by atoms with Gasteiger partial charge in [0.15, 0.2) is 5.69 Å². The van der Waals surface area contributed by atoms with Crippen LogP contribution in [0.3, 0.4) is 0 Å². The van der Waals surface area contributed by atoms with Gasteiger partial charge in [-0.05, 0) is 0 Å². The lowest BCUT2D eigenvalue weighted by Crippen LogP contribution is -2.10. The highest BCUT2D eigenvalue weighted by Gasteiger charge is 2.35. The van der Waals surface area contributed by atoms with E-state index in [2.05, 4.69) is 9.97 Å². The molecule has 6 heteroatoms. The molecule has 0 radical (unpaired) electrons. The Labute approximate surface area is 84.0 Å². The van der Waals surface area contributed by atoms with Gasteiger partial charge in [0, 0.05) is 11.4 Å². The normalized spacial score (nSPS) is 12.1. The lowest BCUT2D eigenvalue weighted by molar-refractivity contribution is -0.143. The van der Waals surface area contributed by atoms with Gasteiger partial charge < -0.3 is 0 Å². The van der Waals surface area contributed by atoms with Crippen LogP contribution in [0.5, 0.6) is 0 Å². The number of hydrogen-bond donors (Lipinski definition) is 0. The second-order valence-corrected chi connectivity index (χ2v) is 4.52. The van der Waals surface area contributed by atoms with Crippen molar-refractivity contribution in [3.8, 4) is 0 Å². The summed E-state index contributed by atoms with van der Waals surface area (Å²) in [4.78, 5) is 6.90. The first-order valence-electron chi connectivity index (χ1n) is 3.95. The maximum absolute atomic E-state index is 12.4. The number of aromatic nitrogens is 2. The van der Waals surface area contributed by atoms with Gasteiger partial charge in [-0.1, -0.05) is 13.8 Å². The summed E-state index contributed by atoms with van der Waals surface area (Å²) >= 11 is 1.11. The zero-order valence-electron chi connectivity index (χ0n) is 7.67. The first kappa shape index (κ1) is 11.3. The summed E-state index contributed by atoms with van der Waals surface area (Å²) in [5.74, 6) is 0. The van der Waals surface area contributed by atoms with Gasteiger partial charge in [0.2, 0.25) is 0 Å². The molecule has 0 saturated heterocycles. The fourth-order valence-corrected chi connectivity index (χ4v) is 1.78. The van der Waals surface area contributed by atoms with Gasteiger partial charge in [0.05, 0.1) is 4.90 Å². The van der Waals surface area contributed by atoms with E-state index in [1.165, 1.54) is 6.20 Å². The highest BCUT2D eigenvalue weighted by atomic mass is 32.2. The molecule has 0 bridgehead atoms. The molecule has 0 aliphatic carbocycles. The third kappa shape index (κ3) is 2.87. The molecular weight excluding hydrogens is 213 g/mol. The monoisotopic (exact) mass is 222 g/mol. The van der Waals surface area contributed by atoms with Gasteiger partial charge in [-0.3, -0.25) is 0 Å². The molecule has 1 aromatic rings. The largest absolute Gasteiger partial charge is 0.434 e. The number of hydrogen-bond acceptors (Lipinski definition) is 3. The van der Waals surface area contributed by atoms with Gasteiger partial charge in [0.1, 0.15) is 6.33 Å². The molecule has 14 heavy (non-hydrogen) atoms. The Morgan fingerprint density at radius 1 is 1.36 bits per heavy atom. The van der Waals surface area contributed by atoms with Crippen molar-refractivity contribution in [2.24, 2.45) is 0 Å². The molecule has 0 N–H and O–H groups in total. The SMILES string of the molecule is CC(C)Sc1cncnc1C(F)(F)F. The van der Waals surface area contributed by atoms with Crippen LogP contribution in [0.2, 0.25) is 0 Å². The summed E-state index contributed by atoms with van der Waals surface area (Å²) < 4.78 is 37.2. The van der Waals surface area contributed by atoms with E-state index in [-0.39, 0.29) is 10.1 Å². The maximum Gasteiger partial charge on any atom is 0.434 e. The van der Waals surface area contributed by atoms with E-state index in [0.717, 1.165) is 18.1 Å². The quantitative estimate of drug-likeness (QED) is 0.719. The average molecular weight is 222 g/mol. The van der Waals surface area contributed by atoms with Crippen molar-refractivity contribution < 1.29 is 13.2 Å². The number of rotatable bonds is 2. The van der Waals surface area contributed by atoms with Crippen LogP contribution in [-0.2, 0) is 6.18 Å². The third-order valence-electron chi connectivity index (χ3n) is 1.31. The van der Waals surface area contributed by atoms with E-state index in [1.54, 1.807) is 0 Å². The van der Waals surface area contributed by atoms with Crippen LogP contribution >= 0.6 is 11.8 Å². The van der Waals surface area contributed by atoms with E-state index in [9.17, 15) is 13.2 Å². The van der Waals surface area contributed by atoms with Gasteiger partial charge in [0.25, 0.3) is 0 Å². The Balaban J connectivity index is 3.04. The number of nitrogens with zero attached hydrogens (tertiary/aromatic N) is 2. The average Bonchev–Trinajstić information content (AvgIpc) is 2.01. The summed E-state index contributed by atoms with van der Waals surface area (Å²) in [6.45, 7) is 3.63. The molecule has 1 heterocycles. The van der Waals surface area contributed by atoms with E-state index in [0.29, 0.717) is 0 Å². The van der Waals surface area contributed by atoms with Crippen molar-refractivity contribution in [1.82, 2.24) is 9.97 Å². The molecule has 0 saturated carbocycles. The summed E-state index contributed by atoms with van der Waals surface area (Å²) in [5.41, 5.74) is -0.855. The van der Waals surface area contributed by atoms with Gasteiger partial charge >= 0.3 is 6.18 Å². The zero-order chi connectivity index (χ0) is 10.8. The van der Waals surface area contributed by atoms with E-state index >= 15 is 0 Å². The molecule has 0 unspecified atom stereocenters. The molecule has 0 amide bonds. The van der Waals surface area contributed by atoms with Crippen LogP contribution in [-0.4, -0.2) is 15.2 Å². The van der Waals surface area contributed by atoms with Crippen LogP contribution < -0.4 is 0 Å². The third-order valence-corrected chi connectivity index (χ3v) is 2.33. The molecule has 0 aliphatic rings. The van der Waals surface area contributed by atoms with Crippen LogP contribution in [0.25, 0.3) is 0 Å². The van der Waals surface area contributed by atoms with Gasteiger partial charge in [-0.15, -0.1) is 11.8 Å². The van der Waals surface area contributed by atoms with Crippen LogP contribution in [0.1, 0.15) is 19.5 Å². The molecule has 0 spiro atoms. The first-order chi connectivity index (χ1) is 6.41. The minimum Gasteiger partial charge on any atom is -0.244 e. The molecule has 78 valence electrons. The molecule has 1 rings (SSSR count). The Kier molecular flexibility index (Phi) is 3.36. The van der Waals surface area contributed by atoms with E-state index in [1.807, 2.05) is 13.8 Å². The maximum atomic E-state index is 12.4. The Morgan fingerprint density at radius 3 is 2.50 bits per heavy atom. The van der Waals surface area contributed by atoms with Gasteiger partial charge in [-0.25, -0.2) is 9.97 Å². The predicted octanol–water partition coefficient (Wildman–Crippen LogP) is 3.00. The second-order valence-electron chi connectivity index (χ2n) is 2.90. The lowest BCUT2D eigenvalue weighted by atomic mass is 10.4. The van der Waals surface area contributed by atoms with Crippen molar-refractivity contribution in [2.75, 3.05) is 0 Å². The molecular formula is C8H9F3N2S.